The number of benzene rings is 3. The molecule has 3 heterocycles. The zero-order valence-corrected chi connectivity index (χ0v) is 36.8. The first kappa shape index (κ1) is 47.1. The number of ether oxygens (including phenoxy) is 2. The van der Waals surface area contributed by atoms with Crippen LogP contribution in [0.15, 0.2) is 72.2 Å². The van der Waals surface area contributed by atoms with Gasteiger partial charge in [-0.2, -0.15) is 18.4 Å². The second kappa shape index (κ2) is 18.8. The number of amides is 6. The topological polar surface area (TPSA) is 194 Å². The number of hydrogen-bond donors (Lipinski definition) is 3. The molecule has 2 aliphatic rings. The molecule has 6 amide bonds. The number of β-amino-alcohol motifs (C(OH)–C–C–N with tert-alkyl or cyclic N) is 1. The van der Waals surface area contributed by atoms with Crippen molar-refractivity contribution in [3.8, 4) is 22.3 Å². The minimum absolute atomic E-state index is 0.00667. The van der Waals surface area contributed by atoms with Gasteiger partial charge >= 0.3 is 12.2 Å². The first-order valence-electron chi connectivity index (χ1n) is 20.3. The van der Waals surface area contributed by atoms with Gasteiger partial charge in [0.1, 0.15) is 36.6 Å². The number of rotatable bonds is 14. The van der Waals surface area contributed by atoms with Gasteiger partial charge in [-0.1, -0.05) is 45.0 Å². The number of aliphatic hydroxyl groups is 1. The Kier molecular flexibility index (Phi) is 13.8. The third kappa shape index (κ3) is 10.2. The SMILES string of the molecule is Cc1ncsc1-c1ccc(CNC(=O)[C@@H]2C[C@@H](O)CN2C(=O)C(NC(=O)COCCOc2ccc(N3C(=O)N(c4ccc(C#N)c(C(F)(F)F)c4)C(=O)C3(C)C)cc2)C(C)(C)C)cc1. The summed E-state index contributed by atoms with van der Waals surface area (Å²) >= 11 is 1.54. The summed E-state index contributed by atoms with van der Waals surface area (Å²) < 4.78 is 52.3. The van der Waals surface area contributed by atoms with Crippen molar-refractivity contribution in [3.63, 3.8) is 0 Å². The molecule has 19 heteroatoms. The molecule has 1 unspecified atom stereocenters. The second-order valence-electron chi connectivity index (χ2n) is 17.0. The molecule has 6 rings (SSSR count). The van der Waals surface area contributed by atoms with E-state index >= 15 is 0 Å². The molecule has 2 fully saturated rings. The lowest BCUT2D eigenvalue weighted by atomic mass is 9.85. The predicted octanol–water partition coefficient (Wildman–Crippen LogP) is 5.97. The van der Waals surface area contributed by atoms with Crippen molar-refractivity contribution in [2.75, 3.05) is 36.2 Å². The van der Waals surface area contributed by atoms with Gasteiger partial charge in [-0.3, -0.25) is 24.1 Å². The first-order valence-corrected chi connectivity index (χ1v) is 21.2. The first-order chi connectivity index (χ1) is 30.1. The number of alkyl halides is 3. The van der Waals surface area contributed by atoms with Crippen LogP contribution in [-0.2, 0) is 36.6 Å². The van der Waals surface area contributed by atoms with Crippen LogP contribution in [0.25, 0.3) is 10.4 Å². The van der Waals surface area contributed by atoms with E-state index in [-0.39, 0.29) is 44.1 Å². The van der Waals surface area contributed by atoms with Gasteiger partial charge in [-0.05, 0) is 79.8 Å². The van der Waals surface area contributed by atoms with Crippen molar-refractivity contribution in [2.24, 2.45) is 5.41 Å². The zero-order valence-electron chi connectivity index (χ0n) is 36.0. The van der Waals surface area contributed by atoms with Gasteiger partial charge in [0.15, 0.2) is 0 Å². The highest BCUT2D eigenvalue weighted by atomic mass is 32.1. The standard InChI is InChI=1S/C45H48F3N7O8S/c1-26-37(64-25-51-26)28-9-7-27(8-10-28)22-50-39(58)35-20-32(56)23-53(35)40(59)38(43(2,3)4)52-36(57)24-62-17-18-63-33-15-13-30(14-16-33)55-42(61)54(41(60)44(55,5)6)31-12-11-29(21-49)34(19-31)45(46,47)48/h7-16,19,25,32,35,38,56H,17-18,20,22-24H2,1-6H3,(H,50,58)(H,52,57)/t32-,35+,38?/m1/s1. The number of aromatic nitrogens is 1. The summed E-state index contributed by atoms with van der Waals surface area (Å²) in [6.45, 7) is 9.83. The number of carbonyl (C=O) groups excluding carboxylic acids is 5. The Hall–Kier alpha value is -6.36. The maximum atomic E-state index is 14.0. The van der Waals surface area contributed by atoms with Gasteiger partial charge in [-0.15, -0.1) is 11.3 Å². The number of aryl methyl sites for hydroxylation is 1. The Morgan fingerprint density at radius 1 is 1.02 bits per heavy atom. The van der Waals surface area contributed by atoms with Gasteiger partial charge in [0.2, 0.25) is 17.7 Å². The van der Waals surface area contributed by atoms with Crippen LogP contribution in [0.3, 0.4) is 0 Å². The molecule has 3 aromatic carbocycles. The highest BCUT2D eigenvalue weighted by molar-refractivity contribution is 7.13. The molecule has 64 heavy (non-hydrogen) atoms. The van der Waals surface area contributed by atoms with Crippen molar-refractivity contribution < 1.29 is 51.7 Å². The average molecular weight is 904 g/mol. The minimum atomic E-state index is -4.89. The van der Waals surface area contributed by atoms with Gasteiger partial charge < -0.3 is 30.1 Å². The Bertz CT molecular complexity index is 2450. The Morgan fingerprint density at radius 3 is 2.30 bits per heavy atom. The molecule has 3 atom stereocenters. The summed E-state index contributed by atoms with van der Waals surface area (Å²) in [5.41, 5.74) is 0.334. The molecule has 338 valence electrons. The van der Waals surface area contributed by atoms with Crippen LogP contribution in [0.1, 0.15) is 63.4 Å². The maximum Gasteiger partial charge on any atom is 0.417 e. The molecule has 15 nitrogen and oxygen atoms in total. The fraction of sp³-hybridized carbons (Fsp3) is 0.400. The van der Waals surface area contributed by atoms with E-state index in [0.29, 0.717) is 16.7 Å². The summed E-state index contributed by atoms with van der Waals surface area (Å²) in [7, 11) is 0. The summed E-state index contributed by atoms with van der Waals surface area (Å²) in [5, 5.41) is 25.3. The smallest absolute Gasteiger partial charge is 0.417 e. The number of carbonyl (C=O) groups is 5. The van der Waals surface area contributed by atoms with Crippen LogP contribution in [0, 0.1) is 23.7 Å². The molecular formula is C45H48F3N7O8S. The largest absolute Gasteiger partial charge is 0.491 e. The molecule has 4 aromatic rings. The van der Waals surface area contributed by atoms with E-state index in [1.165, 1.54) is 49.1 Å². The molecule has 0 saturated carbocycles. The number of imide groups is 1. The Balaban J connectivity index is 0.989. The number of nitrogens with one attached hydrogen (secondary N) is 2. The van der Waals surface area contributed by atoms with Crippen molar-refractivity contribution in [3.05, 3.63) is 94.6 Å². The molecule has 3 N–H and O–H groups in total. The molecule has 0 radical (unpaired) electrons. The van der Waals surface area contributed by atoms with Crippen LogP contribution in [0.4, 0.5) is 29.3 Å². The molecular weight excluding hydrogens is 856 g/mol. The summed E-state index contributed by atoms with van der Waals surface area (Å²) in [5.74, 6) is -1.96. The van der Waals surface area contributed by atoms with E-state index in [0.717, 1.165) is 38.7 Å². The normalized spacial score (nSPS) is 17.9. The molecule has 2 aliphatic heterocycles. The number of nitrogens with zero attached hydrogens (tertiary/aromatic N) is 5. The lowest BCUT2D eigenvalue weighted by molar-refractivity contribution is -0.144. The number of nitriles is 1. The fourth-order valence-electron chi connectivity index (χ4n) is 7.52. The van der Waals surface area contributed by atoms with Crippen molar-refractivity contribution in [1.82, 2.24) is 20.5 Å². The highest BCUT2D eigenvalue weighted by Crippen LogP contribution is 2.40. The molecule has 0 bridgehead atoms. The van der Waals surface area contributed by atoms with Crippen LogP contribution >= 0.6 is 11.3 Å². The van der Waals surface area contributed by atoms with Crippen LogP contribution < -0.4 is 25.2 Å². The van der Waals surface area contributed by atoms with Crippen LogP contribution in [0.5, 0.6) is 5.75 Å². The Labute approximate surface area is 371 Å². The quantitative estimate of drug-likeness (QED) is 0.100. The summed E-state index contributed by atoms with van der Waals surface area (Å²) in [6, 6.07) is 15.0. The van der Waals surface area contributed by atoms with E-state index < -0.39 is 82.7 Å². The molecule has 2 saturated heterocycles. The second-order valence-corrected chi connectivity index (χ2v) is 17.9. The highest BCUT2D eigenvalue weighted by Gasteiger charge is 2.53. The van der Waals surface area contributed by atoms with Crippen molar-refractivity contribution in [2.45, 2.75) is 84.4 Å². The van der Waals surface area contributed by atoms with E-state index in [4.69, 9.17) is 14.7 Å². The number of hydrogen-bond acceptors (Lipinski definition) is 11. The van der Waals surface area contributed by atoms with Gasteiger partial charge in [0.25, 0.3) is 5.91 Å². The van der Waals surface area contributed by atoms with Gasteiger partial charge in [-0.25, -0.2) is 14.7 Å². The zero-order chi connectivity index (χ0) is 46.7. The van der Waals surface area contributed by atoms with Crippen LogP contribution in [-0.4, -0.2) is 94.7 Å². The fourth-order valence-corrected chi connectivity index (χ4v) is 8.33. The summed E-state index contributed by atoms with van der Waals surface area (Å²) in [6.07, 6.45) is -5.78. The van der Waals surface area contributed by atoms with Crippen molar-refractivity contribution in [1.29, 1.82) is 5.26 Å². The number of halogens is 3. The third-order valence-electron chi connectivity index (χ3n) is 10.9. The number of likely N-dealkylation sites (tertiary alicyclic amines) is 1. The minimum Gasteiger partial charge on any atom is -0.491 e. The molecule has 0 aliphatic carbocycles. The number of aliphatic hydroxyl groups excluding tert-OH is 1. The van der Waals surface area contributed by atoms with E-state index in [1.54, 1.807) is 37.6 Å². The molecule has 0 spiro atoms. The Morgan fingerprint density at radius 2 is 1.69 bits per heavy atom. The monoisotopic (exact) mass is 903 g/mol. The van der Waals surface area contributed by atoms with E-state index in [9.17, 15) is 42.3 Å². The van der Waals surface area contributed by atoms with Gasteiger partial charge in [0, 0.05) is 25.2 Å². The molecule has 1 aromatic heterocycles. The number of thiazole rings is 1. The number of anilines is 2. The lowest BCUT2D eigenvalue weighted by Gasteiger charge is -2.35. The predicted molar refractivity (Wildman–Crippen MR) is 230 cm³/mol. The number of urea groups is 1. The van der Waals surface area contributed by atoms with Gasteiger partial charge in [0.05, 0.1) is 51.7 Å². The lowest BCUT2D eigenvalue weighted by Crippen LogP contribution is -2.58. The summed E-state index contributed by atoms with van der Waals surface area (Å²) in [4.78, 5) is 75.9. The van der Waals surface area contributed by atoms with Crippen molar-refractivity contribution >= 4 is 52.4 Å². The van der Waals surface area contributed by atoms with Crippen LogP contribution in [0.2, 0.25) is 0 Å². The maximum absolute atomic E-state index is 14.0. The van der Waals surface area contributed by atoms with E-state index in [1.807, 2.05) is 31.2 Å². The third-order valence-corrected chi connectivity index (χ3v) is 11.9. The average Bonchev–Trinajstić information content (AvgIpc) is 3.90. The van der Waals surface area contributed by atoms with E-state index in [2.05, 4.69) is 15.6 Å².